The van der Waals surface area contributed by atoms with Gasteiger partial charge >= 0.3 is 5.97 Å². The molecule has 2 aromatic rings. The molecule has 7 nitrogen and oxygen atoms in total. The van der Waals surface area contributed by atoms with Gasteiger partial charge in [-0.15, -0.1) is 0 Å². The minimum Gasteiger partial charge on any atom is -0.465 e. The topological polar surface area (TPSA) is 92.8 Å². The molecule has 10 heteroatoms. The SMILES string of the molecule is COC(=O)c1cccc(NC(=O)C2CCCN(S(=O)(=O)Cc3ccc(Cl)cc3Cl)C2)c1C. The first-order chi connectivity index (χ1) is 15.1. The third kappa shape index (κ3) is 5.61. The molecule has 1 atom stereocenters. The van der Waals surface area contributed by atoms with Gasteiger partial charge in [-0.2, -0.15) is 0 Å². The number of anilines is 1. The fourth-order valence-electron chi connectivity index (χ4n) is 3.67. The summed E-state index contributed by atoms with van der Waals surface area (Å²) in [6.07, 6.45) is 1.13. The maximum Gasteiger partial charge on any atom is 0.338 e. The van der Waals surface area contributed by atoms with Crippen LogP contribution < -0.4 is 5.32 Å². The Balaban J connectivity index is 1.71. The van der Waals surface area contributed by atoms with E-state index in [4.69, 9.17) is 27.9 Å². The van der Waals surface area contributed by atoms with Crippen molar-refractivity contribution in [2.24, 2.45) is 5.92 Å². The Labute approximate surface area is 197 Å². The Morgan fingerprint density at radius 2 is 1.97 bits per heavy atom. The van der Waals surface area contributed by atoms with E-state index >= 15 is 0 Å². The quantitative estimate of drug-likeness (QED) is 0.600. The molecule has 1 amide bonds. The molecule has 1 aliphatic heterocycles. The number of nitrogens with zero attached hydrogens (tertiary/aromatic N) is 1. The molecule has 32 heavy (non-hydrogen) atoms. The van der Waals surface area contributed by atoms with Crippen LogP contribution in [0.4, 0.5) is 5.69 Å². The highest BCUT2D eigenvalue weighted by atomic mass is 35.5. The van der Waals surface area contributed by atoms with E-state index in [2.05, 4.69) is 5.32 Å². The highest BCUT2D eigenvalue weighted by Crippen LogP contribution is 2.27. The van der Waals surface area contributed by atoms with Crippen LogP contribution in [0.3, 0.4) is 0 Å². The van der Waals surface area contributed by atoms with Gasteiger partial charge in [-0.05, 0) is 55.2 Å². The number of nitrogens with one attached hydrogen (secondary N) is 1. The molecular weight excluding hydrogens is 475 g/mol. The molecule has 0 bridgehead atoms. The van der Waals surface area contributed by atoms with E-state index in [-0.39, 0.29) is 23.2 Å². The first kappa shape index (κ1) is 24.5. The maximum atomic E-state index is 13.0. The number of benzene rings is 2. The van der Waals surface area contributed by atoms with Crippen molar-refractivity contribution in [3.8, 4) is 0 Å². The van der Waals surface area contributed by atoms with Crippen molar-refractivity contribution < 1.29 is 22.7 Å². The van der Waals surface area contributed by atoms with E-state index in [9.17, 15) is 18.0 Å². The van der Waals surface area contributed by atoms with Gasteiger partial charge < -0.3 is 10.1 Å². The number of rotatable bonds is 6. The predicted octanol–water partition coefficient (Wildman–Crippen LogP) is 4.27. The average Bonchev–Trinajstić information content (AvgIpc) is 2.76. The van der Waals surface area contributed by atoms with Crippen LogP contribution in [0.1, 0.15) is 34.3 Å². The zero-order chi connectivity index (χ0) is 23.5. The summed E-state index contributed by atoms with van der Waals surface area (Å²) < 4.78 is 32.1. The van der Waals surface area contributed by atoms with Crippen molar-refractivity contribution in [1.82, 2.24) is 4.31 Å². The van der Waals surface area contributed by atoms with Crippen LogP contribution in [0.25, 0.3) is 0 Å². The third-order valence-corrected chi connectivity index (χ3v) is 7.88. The maximum absolute atomic E-state index is 13.0. The zero-order valence-corrected chi connectivity index (χ0v) is 20.1. The Morgan fingerprint density at radius 3 is 2.66 bits per heavy atom. The molecule has 3 rings (SSSR count). The standard InChI is InChI=1S/C22H24Cl2N2O5S/c1-14-18(22(28)31-2)6-3-7-20(14)25-21(27)15-5-4-10-26(12-15)32(29,30)13-16-8-9-17(23)11-19(16)24/h3,6-9,11,15H,4-5,10,12-13H2,1-2H3,(H,25,27). The van der Waals surface area contributed by atoms with E-state index in [1.165, 1.54) is 17.5 Å². The largest absolute Gasteiger partial charge is 0.465 e. The Bertz CT molecular complexity index is 1140. The van der Waals surface area contributed by atoms with Gasteiger partial charge in [-0.25, -0.2) is 17.5 Å². The lowest BCUT2D eigenvalue weighted by atomic mass is 9.98. The number of ether oxygens (including phenoxy) is 1. The number of sulfonamides is 1. The summed E-state index contributed by atoms with van der Waals surface area (Å²) in [5.74, 6) is -1.56. The molecule has 1 unspecified atom stereocenters. The van der Waals surface area contributed by atoms with Gasteiger partial charge in [0.05, 0.1) is 24.3 Å². The van der Waals surface area contributed by atoms with Crippen molar-refractivity contribution in [2.45, 2.75) is 25.5 Å². The van der Waals surface area contributed by atoms with Crippen molar-refractivity contribution in [3.63, 3.8) is 0 Å². The van der Waals surface area contributed by atoms with Crippen LogP contribution >= 0.6 is 23.2 Å². The van der Waals surface area contributed by atoms with E-state index in [0.29, 0.717) is 46.8 Å². The number of esters is 1. The second-order valence-electron chi connectivity index (χ2n) is 7.65. The Kier molecular flexibility index (Phi) is 7.82. The minimum absolute atomic E-state index is 0.0785. The zero-order valence-electron chi connectivity index (χ0n) is 17.7. The third-order valence-electron chi connectivity index (χ3n) is 5.50. The lowest BCUT2D eigenvalue weighted by Gasteiger charge is -2.31. The molecule has 0 spiro atoms. The number of piperidine rings is 1. The van der Waals surface area contributed by atoms with Crippen molar-refractivity contribution >= 4 is 50.8 Å². The molecule has 0 radical (unpaired) electrons. The van der Waals surface area contributed by atoms with Crippen LogP contribution in [-0.2, 0) is 25.3 Å². The lowest BCUT2D eigenvalue weighted by molar-refractivity contribution is -0.120. The molecule has 1 heterocycles. The van der Waals surface area contributed by atoms with Gasteiger partial charge in [0, 0.05) is 28.8 Å². The Hall–Kier alpha value is -2.13. The molecule has 0 aromatic heterocycles. The van der Waals surface area contributed by atoms with E-state index in [0.717, 1.165) is 0 Å². The molecule has 1 saturated heterocycles. The second-order valence-corrected chi connectivity index (χ2v) is 10.5. The van der Waals surface area contributed by atoms with Crippen LogP contribution in [0, 0.1) is 12.8 Å². The minimum atomic E-state index is -3.68. The highest BCUT2D eigenvalue weighted by molar-refractivity contribution is 7.88. The molecule has 0 saturated carbocycles. The number of hydrogen-bond acceptors (Lipinski definition) is 5. The molecule has 2 aromatic carbocycles. The van der Waals surface area contributed by atoms with Gasteiger partial charge in [0.2, 0.25) is 15.9 Å². The van der Waals surface area contributed by atoms with Crippen LogP contribution in [0.2, 0.25) is 10.0 Å². The number of carbonyl (C=O) groups is 2. The van der Waals surface area contributed by atoms with Crippen LogP contribution in [-0.4, -0.2) is 44.8 Å². The van der Waals surface area contributed by atoms with Crippen molar-refractivity contribution in [3.05, 3.63) is 63.1 Å². The van der Waals surface area contributed by atoms with Crippen molar-refractivity contribution in [2.75, 3.05) is 25.5 Å². The molecular formula is C22H24Cl2N2O5S. The number of hydrogen-bond donors (Lipinski definition) is 1. The number of halogens is 2. The summed E-state index contributed by atoms with van der Waals surface area (Å²) in [7, 11) is -2.38. The summed E-state index contributed by atoms with van der Waals surface area (Å²) in [5, 5.41) is 3.55. The molecule has 1 N–H and O–H groups in total. The first-order valence-corrected chi connectivity index (χ1v) is 12.4. The van der Waals surface area contributed by atoms with Crippen LogP contribution in [0.15, 0.2) is 36.4 Å². The first-order valence-electron chi connectivity index (χ1n) is 10.0. The average molecular weight is 499 g/mol. The van der Waals surface area contributed by atoms with Gasteiger partial charge in [-0.3, -0.25) is 4.79 Å². The van der Waals surface area contributed by atoms with E-state index in [1.807, 2.05) is 0 Å². The van der Waals surface area contributed by atoms with Gasteiger partial charge in [0.25, 0.3) is 0 Å². The lowest BCUT2D eigenvalue weighted by Crippen LogP contribution is -2.44. The Morgan fingerprint density at radius 1 is 1.22 bits per heavy atom. The van der Waals surface area contributed by atoms with Gasteiger partial charge in [0.1, 0.15) is 0 Å². The fraction of sp³-hybridized carbons (Fsp3) is 0.364. The fourth-order valence-corrected chi connectivity index (χ4v) is 5.87. The molecule has 172 valence electrons. The smallest absolute Gasteiger partial charge is 0.338 e. The van der Waals surface area contributed by atoms with Crippen LogP contribution in [0.5, 0.6) is 0 Å². The summed E-state index contributed by atoms with van der Waals surface area (Å²) in [4.78, 5) is 24.8. The summed E-state index contributed by atoms with van der Waals surface area (Å²) in [5.41, 5.74) is 1.90. The predicted molar refractivity (Wildman–Crippen MR) is 125 cm³/mol. The monoisotopic (exact) mass is 498 g/mol. The second kappa shape index (κ2) is 10.2. The number of methoxy groups -OCH3 is 1. The highest BCUT2D eigenvalue weighted by Gasteiger charge is 2.33. The summed E-state index contributed by atoms with van der Waals surface area (Å²) >= 11 is 12.0. The van der Waals surface area contributed by atoms with Gasteiger partial charge in [-0.1, -0.05) is 35.3 Å². The van der Waals surface area contributed by atoms with Gasteiger partial charge in [0.15, 0.2) is 0 Å². The summed E-state index contributed by atoms with van der Waals surface area (Å²) in [6, 6.07) is 9.66. The molecule has 0 aliphatic carbocycles. The van der Waals surface area contributed by atoms with E-state index in [1.54, 1.807) is 37.3 Å². The number of carbonyl (C=O) groups excluding carboxylic acids is 2. The number of amides is 1. The molecule has 1 aliphatic rings. The molecule has 1 fully saturated rings. The normalized spacial score (nSPS) is 17.1. The van der Waals surface area contributed by atoms with E-state index < -0.39 is 21.9 Å². The summed E-state index contributed by atoms with van der Waals surface area (Å²) in [6.45, 7) is 2.14. The van der Waals surface area contributed by atoms with Crippen molar-refractivity contribution in [1.29, 1.82) is 0 Å².